The molecule has 0 heterocycles. The Morgan fingerprint density at radius 2 is 2.00 bits per heavy atom. The summed E-state index contributed by atoms with van der Waals surface area (Å²) in [6, 6.07) is 7.03. The summed E-state index contributed by atoms with van der Waals surface area (Å²) in [7, 11) is -2.24. The van der Waals surface area contributed by atoms with Crippen molar-refractivity contribution >= 4 is 21.8 Å². The summed E-state index contributed by atoms with van der Waals surface area (Å²) >= 11 is 5.86. The molecule has 1 aromatic carbocycles. The monoisotopic (exact) mass is 234 g/mol. The van der Waals surface area contributed by atoms with Crippen LogP contribution in [0.25, 0.3) is 0 Å². The van der Waals surface area contributed by atoms with Crippen LogP contribution in [0.5, 0.6) is 0 Å². The number of nitrogens with zero attached hydrogens (tertiary/aromatic N) is 1. The van der Waals surface area contributed by atoms with Crippen LogP contribution in [0.4, 0.5) is 0 Å². The minimum atomic E-state index is -3.64. The van der Waals surface area contributed by atoms with Crippen molar-refractivity contribution in [3.63, 3.8) is 0 Å². The predicted octanol–water partition coefficient (Wildman–Crippen LogP) is 0.975. The van der Waals surface area contributed by atoms with Gasteiger partial charge in [-0.2, -0.15) is 12.7 Å². The molecule has 0 atom stereocenters. The normalized spacial score (nSPS) is 12.0. The Kier molecular flexibility index (Phi) is 3.49. The summed E-state index contributed by atoms with van der Waals surface area (Å²) < 4.78 is 22.9. The van der Waals surface area contributed by atoms with Crippen molar-refractivity contribution in [1.29, 1.82) is 0 Å². The van der Waals surface area contributed by atoms with E-state index < -0.39 is 10.2 Å². The molecule has 0 aromatic heterocycles. The van der Waals surface area contributed by atoms with Crippen LogP contribution in [0.3, 0.4) is 0 Å². The molecule has 0 aliphatic heterocycles. The Hall–Kier alpha value is -0.620. The molecule has 2 N–H and O–H groups in total. The first-order chi connectivity index (χ1) is 6.41. The van der Waals surface area contributed by atoms with Gasteiger partial charge in [0.15, 0.2) is 0 Å². The average molecular weight is 235 g/mol. The van der Waals surface area contributed by atoms with Crippen LogP contribution in [-0.4, -0.2) is 19.8 Å². The molecule has 6 heteroatoms. The highest BCUT2D eigenvalue weighted by atomic mass is 35.5. The van der Waals surface area contributed by atoms with Crippen molar-refractivity contribution in [2.75, 3.05) is 7.05 Å². The number of rotatable bonds is 3. The first-order valence-electron chi connectivity index (χ1n) is 3.88. The van der Waals surface area contributed by atoms with Crippen molar-refractivity contribution < 1.29 is 8.42 Å². The van der Waals surface area contributed by atoms with Gasteiger partial charge in [-0.1, -0.05) is 29.8 Å². The number of hydrogen-bond acceptors (Lipinski definition) is 2. The molecule has 1 aromatic rings. The topological polar surface area (TPSA) is 63.4 Å². The summed E-state index contributed by atoms with van der Waals surface area (Å²) in [5, 5.41) is 5.46. The fraction of sp³-hybridized carbons (Fsp3) is 0.250. The second-order valence-corrected chi connectivity index (χ2v) is 4.95. The Morgan fingerprint density at radius 1 is 1.43 bits per heavy atom. The van der Waals surface area contributed by atoms with Gasteiger partial charge in [0.2, 0.25) is 0 Å². The Labute approximate surface area is 88.5 Å². The van der Waals surface area contributed by atoms with E-state index in [-0.39, 0.29) is 6.54 Å². The quantitative estimate of drug-likeness (QED) is 0.847. The molecule has 0 unspecified atom stereocenters. The van der Waals surface area contributed by atoms with Crippen LogP contribution in [0.15, 0.2) is 24.3 Å². The van der Waals surface area contributed by atoms with Gasteiger partial charge in [0.05, 0.1) is 0 Å². The molecule has 0 fully saturated rings. The van der Waals surface area contributed by atoms with Crippen molar-refractivity contribution in [3.8, 4) is 0 Å². The second-order valence-electron chi connectivity index (χ2n) is 2.89. The highest BCUT2D eigenvalue weighted by Gasteiger charge is 2.12. The average Bonchev–Trinajstić information content (AvgIpc) is 2.07. The minimum Gasteiger partial charge on any atom is -0.216 e. The van der Waals surface area contributed by atoms with Crippen LogP contribution in [0.2, 0.25) is 5.02 Å². The molecule has 0 bridgehead atoms. The Morgan fingerprint density at radius 3 is 2.50 bits per heavy atom. The molecule has 0 aliphatic carbocycles. The molecule has 4 nitrogen and oxygen atoms in total. The molecule has 14 heavy (non-hydrogen) atoms. The van der Waals surface area contributed by atoms with Crippen molar-refractivity contribution in [2.24, 2.45) is 5.14 Å². The standard InChI is InChI=1S/C8H11ClN2O2S/c1-11(14(10,12)13)6-7-4-2-3-5-8(7)9/h2-5H,6H2,1H3,(H2,10,12,13). The SMILES string of the molecule is CN(Cc1ccccc1Cl)S(N)(=O)=O. The molecule has 0 saturated heterocycles. The van der Waals surface area contributed by atoms with Crippen LogP contribution in [-0.2, 0) is 16.8 Å². The van der Waals surface area contributed by atoms with Crippen LogP contribution < -0.4 is 5.14 Å². The van der Waals surface area contributed by atoms with Crippen LogP contribution in [0, 0.1) is 0 Å². The summed E-state index contributed by atoms with van der Waals surface area (Å²) in [5.41, 5.74) is 0.727. The van der Waals surface area contributed by atoms with Gasteiger partial charge >= 0.3 is 0 Å². The van der Waals surface area contributed by atoms with Gasteiger partial charge in [0.1, 0.15) is 0 Å². The van der Waals surface area contributed by atoms with E-state index in [1.807, 2.05) is 0 Å². The summed E-state index contributed by atoms with van der Waals surface area (Å²) in [6.07, 6.45) is 0. The molecule has 78 valence electrons. The summed E-state index contributed by atoms with van der Waals surface area (Å²) in [5.74, 6) is 0. The van der Waals surface area contributed by atoms with Gasteiger partial charge in [-0.05, 0) is 11.6 Å². The number of nitrogens with two attached hydrogens (primary N) is 1. The third kappa shape index (κ3) is 2.95. The summed E-state index contributed by atoms with van der Waals surface area (Å²) in [4.78, 5) is 0. The molecular formula is C8H11ClN2O2S. The lowest BCUT2D eigenvalue weighted by molar-refractivity contribution is 0.468. The van der Waals surface area contributed by atoms with E-state index >= 15 is 0 Å². The fourth-order valence-corrected chi connectivity index (χ4v) is 1.47. The van der Waals surface area contributed by atoms with E-state index in [1.165, 1.54) is 7.05 Å². The smallest absolute Gasteiger partial charge is 0.216 e. The minimum absolute atomic E-state index is 0.179. The van der Waals surface area contributed by atoms with E-state index in [1.54, 1.807) is 24.3 Å². The molecule has 0 aliphatic rings. The zero-order valence-electron chi connectivity index (χ0n) is 7.64. The first kappa shape index (κ1) is 11.5. The Balaban J connectivity index is 2.85. The van der Waals surface area contributed by atoms with Crippen LogP contribution in [0.1, 0.15) is 5.56 Å². The van der Waals surface area contributed by atoms with E-state index in [9.17, 15) is 8.42 Å². The molecular weight excluding hydrogens is 224 g/mol. The highest BCUT2D eigenvalue weighted by Crippen LogP contribution is 2.16. The van der Waals surface area contributed by atoms with Gasteiger partial charge < -0.3 is 0 Å². The van der Waals surface area contributed by atoms with Crippen LogP contribution >= 0.6 is 11.6 Å². The van der Waals surface area contributed by atoms with E-state index in [0.717, 1.165) is 9.87 Å². The lowest BCUT2D eigenvalue weighted by Crippen LogP contribution is -2.32. The number of benzene rings is 1. The predicted molar refractivity (Wildman–Crippen MR) is 56.0 cm³/mol. The third-order valence-corrected chi connectivity index (χ3v) is 3.15. The molecule has 1 rings (SSSR count). The number of halogens is 1. The zero-order valence-corrected chi connectivity index (χ0v) is 9.22. The van der Waals surface area contributed by atoms with Gasteiger partial charge in [-0.25, -0.2) is 5.14 Å². The molecule has 0 spiro atoms. The van der Waals surface area contributed by atoms with Crippen molar-refractivity contribution in [2.45, 2.75) is 6.54 Å². The van der Waals surface area contributed by atoms with Crippen molar-refractivity contribution in [1.82, 2.24) is 4.31 Å². The van der Waals surface area contributed by atoms with Gasteiger partial charge in [-0.3, -0.25) is 0 Å². The molecule has 0 radical (unpaired) electrons. The largest absolute Gasteiger partial charge is 0.276 e. The highest BCUT2D eigenvalue weighted by molar-refractivity contribution is 7.86. The molecule has 0 saturated carbocycles. The van der Waals surface area contributed by atoms with E-state index in [4.69, 9.17) is 16.7 Å². The fourth-order valence-electron chi connectivity index (χ4n) is 0.956. The maximum Gasteiger partial charge on any atom is 0.276 e. The number of hydrogen-bond donors (Lipinski definition) is 1. The van der Waals surface area contributed by atoms with Gasteiger partial charge in [-0.15, -0.1) is 0 Å². The summed E-state index contributed by atoms with van der Waals surface area (Å²) in [6.45, 7) is 0.179. The van der Waals surface area contributed by atoms with Gasteiger partial charge in [0, 0.05) is 18.6 Å². The zero-order chi connectivity index (χ0) is 10.8. The lowest BCUT2D eigenvalue weighted by atomic mass is 10.2. The third-order valence-electron chi connectivity index (χ3n) is 1.79. The Bertz CT molecular complexity index is 419. The maximum absolute atomic E-state index is 10.9. The van der Waals surface area contributed by atoms with E-state index in [2.05, 4.69) is 0 Å². The second kappa shape index (κ2) is 4.27. The lowest BCUT2D eigenvalue weighted by Gasteiger charge is -2.14. The van der Waals surface area contributed by atoms with Gasteiger partial charge in [0.25, 0.3) is 10.2 Å². The van der Waals surface area contributed by atoms with Crippen molar-refractivity contribution in [3.05, 3.63) is 34.9 Å². The first-order valence-corrected chi connectivity index (χ1v) is 5.77. The molecule has 0 amide bonds. The maximum atomic E-state index is 10.9. The van der Waals surface area contributed by atoms with E-state index in [0.29, 0.717) is 5.02 Å².